The molecule has 0 saturated heterocycles. The van der Waals surface area contributed by atoms with Crippen LogP contribution in [-0.2, 0) is 0 Å². The molecule has 0 atom stereocenters. The van der Waals surface area contributed by atoms with Crippen LogP contribution in [0.3, 0.4) is 0 Å². The Balaban J connectivity index is 1.95. The van der Waals surface area contributed by atoms with E-state index < -0.39 is 0 Å². The molecule has 1 heterocycles. The van der Waals surface area contributed by atoms with Crippen LogP contribution in [0.4, 0.5) is 17.4 Å². The highest BCUT2D eigenvalue weighted by atomic mass is 16.4. The fourth-order valence-electron chi connectivity index (χ4n) is 2.34. The summed E-state index contributed by atoms with van der Waals surface area (Å²) in [6.07, 6.45) is 0. The molecule has 5 heteroatoms. The van der Waals surface area contributed by atoms with Gasteiger partial charge in [0.25, 0.3) is 0 Å². The van der Waals surface area contributed by atoms with Crippen molar-refractivity contribution in [2.75, 3.05) is 17.2 Å². The van der Waals surface area contributed by atoms with Crippen molar-refractivity contribution in [3.63, 3.8) is 0 Å². The van der Waals surface area contributed by atoms with E-state index in [4.69, 9.17) is 10.2 Å². The minimum atomic E-state index is 0.466. The van der Waals surface area contributed by atoms with Gasteiger partial charge in [-0.1, -0.05) is 23.3 Å². The van der Waals surface area contributed by atoms with Crippen LogP contribution in [0, 0.1) is 6.92 Å². The largest absolute Gasteiger partial charge is 0.403 e. The van der Waals surface area contributed by atoms with Gasteiger partial charge in [-0.25, -0.2) is 0 Å². The van der Waals surface area contributed by atoms with Crippen molar-refractivity contribution in [3.8, 4) is 11.5 Å². The first-order valence-electron chi connectivity index (χ1n) is 7.21. The van der Waals surface area contributed by atoms with E-state index in [1.54, 1.807) is 0 Å². The maximum Gasteiger partial charge on any atom is 0.323 e. The van der Waals surface area contributed by atoms with Gasteiger partial charge in [-0.3, -0.25) is 4.90 Å². The molecular formula is C17H18N4O. The molecule has 3 rings (SSSR count). The number of anilines is 3. The maximum atomic E-state index is 5.82. The highest BCUT2D eigenvalue weighted by Crippen LogP contribution is 2.28. The molecule has 2 aromatic carbocycles. The second-order valence-corrected chi connectivity index (χ2v) is 5.10. The van der Waals surface area contributed by atoms with Crippen molar-refractivity contribution >= 4 is 17.4 Å². The van der Waals surface area contributed by atoms with Gasteiger partial charge in [0.2, 0.25) is 5.89 Å². The van der Waals surface area contributed by atoms with Crippen molar-refractivity contribution < 1.29 is 4.42 Å². The molecule has 22 heavy (non-hydrogen) atoms. The second kappa shape index (κ2) is 5.89. The third-order valence-electron chi connectivity index (χ3n) is 3.41. The topological polar surface area (TPSA) is 68.2 Å². The number of aryl methyl sites for hydroxylation is 1. The molecule has 1 aromatic heterocycles. The molecule has 0 saturated carbocycles. The predicted molar refractivity (Wildman–Crippen MR) is 88.0 cm³/mol. The molecule has 0 unspecified atom stereocenters. The van der Waals surface area contributed by atoms with Gasteiger partial charge in [0.1, 0.15) is 0 Å². The van der Waals surface area contributed by atoms with Crippen LogP contribution in [0.2, 0.25) is 0 Å². The minimum absolute atomic E-state index is 0.466. The highest BCUT2D eigenvalue weighted by molar-refractivity contribution is 5.62. The van der Waals surface area contributed by atoms with Crippen LogP contribution in [0.15, 0.2) is 52.9 Å². The molecule has 0 spiro atoms. The van der Waals surface area contributed by atoms with Crippen molar-refractivity contribution in [2.45, 2.75) is 13.8 Å². The fourth-order valence-corrected chi connectivity index (χ4v) is 2.34. The molecule has 112 valence electrons. The predicted octanol–water partition coefficient (Wildman–Crippen LogP) is 3.79. The first kappa shape index (κ1) is 14.1. The summed E-state index contributed by atoms with van der Waals surface area (Å²) in [5.74, 6) is 0.466. The lowest BCUT2D eigenvalue weighted by Gasteiger charge is -2.18. The maximum absolute atomic E-state index is 5.82. The Morgan fingerprint density at radius 2 is 1.91 bits per heavy atom. The van der Waals surface area contributed by atoms with Crippen LogP contribution in [-0.4, -0.2) is 16.7 Å². The summed E-state index contributed by atoms with van der Waals surface area (Å²) in [6.45, 7) is 4.85. The first-order valence-corrected chi connectivity index (χ1v) is 7.21. The number of benzene rings is 2. The van der Waals surface area contributed by atoms with Gasteiger partial charge in [0.15, 0.2) is 0 Å². The van der Waals surface area contributed by atoms with Crippen LogP contribution in [0.1, 0.15) is 12.5 Å². The summed E-state index contributed by atoms with van der Waals surface area (Å²) >= 11 is 0. The van der Waals surface area contributed by atoms with Gasteiger partial charge in [-0.15, -0.1) is 5.10 Å². The van der Waals surface area contributed by atoms with Crippen molar-refractivity contribution in [1.82, 2.24) is 10.2 Å². The number of hydrogen-bond acceptors (Lipinski definition) is 5. The number of rotatable bonds is 4. The Kier molecular flexibility index (Phi) is 3.78. The molecule has 0 radical (unpaired) electrons. The summed E-state index contributed by atoms with van der Waals surface area (Å²) in [5.41, 5.74) is 9.50. The number of nitrogens with two attached hydrogens (primary N) is 1. The smallest absolute Gasteiger partial charge is 0.323 e. The van der Waals surface area contributed by atoms with Gasteiger partial charge in [-0.05, 0) is 49.7 Å². The van der Waals surface area contributed by atoms with E-state index in [2.05, 4.69) is 29.3 Å². The lowest BCUT2D eigenvalue weighted by atomic mass is 10.2. The first-order chi connectivity index (χ1) is 10.7. The summed E-state index contributed by atoms with van der Waals surface area (Å²) in [7, 11) is 0. The number of hydrogen-bond donors (Lipinski definition) is 1. The summed E-state index contributed by atoms with van der Waals surface area (Å²) < 4.78 is 5.82. The highest BCUT2D eigenvalue weighted by Gasteiger charge is 2.16. The number of nitrogens with zero attached hydrogens (tertiary/aromatic N) is 3. The molecular weight excluding hydrogens is 276 g/mol. The molecule has 0 aliphatic carbocycles. The van der Waals surface area contributed by atoms with E-state index >= 15 is 0 Å². The van der Waals surface area contributed by atoms with Crippen LogP contribution in [0.25, 0.3) is 11.5 Å². The van der Waals surface area contributed by atoms with Crippen molar-refractivity contribution in [1.29, 1.82) is 0 Å². The molecule has 5 nitrogen and oxygen atoms in total. The van der Waals surface area contributed by atoms with Crippen LogP contribution in [0.5, 0.6) is 0 Å². The van der Waals surface area contributed by atoms with E-state index in [0.29, 0.717) is 17.6 Å². The summed E-state index contributed by atoms with van der Waals surface area (Å²) in [5, 5.41) is 8.30. The Morgan fingerprint density at radius 3 is 2.64 bits per heavy atom. The molecule has 0 bridgehead atoms. The average Bonchev–Trinajstić information content (AvgIpc) is 2.98. The van der Waals surface area contributed by atoms with E-state index in [9.17, 15) is 0 Å². The van der Waals surface area contributed by atoms with E-state index in [1.165, 1.54) is 5.56 Å². The average molecular weight is 294 g/mol. The third-order valence-corrected chi connectivity index (χ3v) is 3.41. The molecule has 0 aliphatic heterocycles. The standard InChI is InChI=1S/C17H18N4O/c1-3-21(15-9-4-6-12(2)10-15)17-20-19-16(22-17)13-7-5-8-14(18)11-13/h4-11H,3,18H2,1-2H3. The van der Waals surface area contributed by atoms with Gasteiger partial charge in [0.05, 0.1) is 0 Å². The zero-order valence-corrected chi connectivity index (χ0v) is 12.7. The monoisotopic (exact) mass is 294 g/mol. The quantitative estimate of drug-likeness (QED) is 0.741. The van der Waals surface area contributed by atoms with E-state index in [1.807, 2.05) is 48.2 Å². The lowest BCUT2D eigenvalue weighted by Crippen LogP contribution is -2.16. The van der Waals surface area contributed by atoms with Gasteiger partial charge in [0, 0.05) is 23.5 Å². The third kappa shape index (κ3) is 2.79. The Labute approximate surface area is 129 Å². The molecule has 0 fully saturated rings. The second-order valence-electron chi connectivity index (χ2n) is 5.10. The van der Waals surface area contributed by atoms with E-state index in [-0.39, 0.29) is 0 Å². The fraction of sp³-hybridized carbons (Fsp3) is 0.176. The number of nitrogen functional groups attached to an aromatic ring is 1. The van der Waals surface area contributed by atoms with Gasteiger partial charge in [-0.2, -0.15) is 0 Å². The van der Waals surface area contributed by atoms with Crippen molar-refractivity contribution in [3.05, 3.63) is 54.1 Å². The molecule has 0 amide bonds. The molecule has 0 aliphatic rings. The minimum Gasteiger partial charge on any atom is -0.403 e. The normalized spacial score (nSPS) is 10.6. The Morgan fingerprint density at radius 1 is 1.09 bits per heavy atom. The van der Waals surface area contributed by atoms with Crippen LogP contribution < -0.4 is 10.6 Å². The Hall–Kier alpha value is -2.82. The Bertz CT molecular complexity index is 782. The zero-order chi connectivity index (χ0) is 15.5. The number of aromatic nitrogens is 2. The summed E-state index contributed by atoms with van der Waals surface area (Å²) in [6, 6.07) is 16.1. The zero-order valence-electron chi connectivity index (χ0n) is 12.7. The van der Waals surface area contributed by atoms with Crippen LogP contribution >= 0.6 is 0 Å². The van der Waals surface area contributed by atoms with Gasteiger partial charge < -0.3 is 10.2 Å². The molecule has 2 N–H and O–H groups in total. The van der Waals surface area contributed by atoms with Crippen molar-refractivity contribution in [2.24, 2.45) is 0 Å². The molecule has 3 aromatic rings. The summed E-state index contributed by atoms with van der Waals surface area (Å²) in [4.78, 5) is 1.98. The lowest BCUT2D eigenvalue weighted by molar-refractivity contribution is 0.565. The SMILES string of the molecule is CCN(c1cccc(C)c1)c1nnc(-c2cccc(N)c2)o1. The van der Waals surface area contributed by atoms with Gasteiger partial charge >= 0.3 is 6.01 Å². The van der Waals surface area contributed by atoms with E-state index in [0.717, 1.165) is 17.8 Å².